The van der Waals surface area contributed by atoms with E-state index in [1.165, 1.54) is 36.4 Å². The van der Waals surface area contributed by atoms with Gasteiger partial charge < -0.3 is 14.2 Å². The third kappa shape index (κ3) is 6.90. The van der Waals surface area contributed by atoms with Gasteiger partial charge in [-0.1, -0.05) is 26.8 Å². The number of hydrogen-bond acceptors (Lipinski definition) is 8. The van der Waals surface area contributed by atoms with Crippen LogP contribution in [0.3, 0.4) is 0 Å². The Bertz CT molecular complexity index is 1450. The number of ether oxygens (including phenoxy) is 3. The van der Waals surface area contributed by atoms with E-state index in [1.54, 1.807) is 19.1 Å². The van der Waals surface area contributed by atoms with Crippen molar-refractivity contribution in [2.24, 2.45) is 11.3 Å². The van der Waals surface area contributed by atoms with Gasteiger partial charge in [0.25, 0.3) is 15.9 Å². The standard InChI is InChI=1S/C28H32FN3O6S/c1-5-28(15-36-16-28)17-38-27-23(26(33)32-39(34,35)25-8-6-7-19(4)30-25)9-10-24(31-27)20-11-21(29)13-22(12-20)37-14-18(2)3/h6-13,18H,5,14-17H2,1-4H3,(H,32,33). The molecule has 208 valence electrons. The summed E-state index contributed by atoms with van der Waals surface area (Å²) >= 11 is 0. The molecule has 0 unspecified atom stereocenters. The lowest BCUT2D eigenvalue weighted by Gasteiger charge is -2.40. The van der Waals surface area contributed by atoms with Crippen molar-refractivity contribution in [1.82, 2.24) is 14.7 Å². The third-order valence-electron chi connectivity index (χ3n) is 6.30. The maximum Gasteiger partial charge on any atom is 0.281 e. The van der Waals surface area contributed by atoms with Crippen LogP contribution in [0.1, 0.15) is 43.2 Å². The van der Waals surface area contributed by atoms with Gasteiger partial charge >= 0.3 is 0 Å². The molecule has 0 atom stereocenters. The molecule has 0 saturated carbocycles. The molecular weight excluding hydrogens is 525 g/mol. The normalized spacial score (nSPS) is 14.5. The molecule has 1 N–H and O–H groups in total. The Morgan fingerprint density at radius 2 is 1.90 bits per heavy atom. The first-order valence-corrected chi connectivity index (χ1v) is 14.1. The van der Waals surface area contributed by atoms with Gasteiger partial charge in [0.2, 0.25) is 5.88 Å². The number of sulfonamides is 1. The molecule has 3 aromatic rings. The molecule has 1 aliphatic heterocycles. The van der Waals surface area contributed by atoms with Crippen molar-refractivity contribution in [2.75, 3.05) is 26.4 Å². The summed E-state index contributed by atoms with van der Waals surface area (Å²) in [6.45, 7) is 9.25. The Balaban J connectivity index is 1.67. The van der Waals surface area contributed by atoms with E-state index in [9.17, 15) is 17.6 Å². The molecule has 0 spiro atoms. The first kappa shape index (κ1) is 28.4. The SMILES string of the molecule is CCC1(COc2nc(-c3cc(F)cc(OCC(C)C)c3)ccc2C(=O)NS(=O)(=O)c2cccc(C)n2)COC1. The highest BCUT2D eigenvalue weighted by molar-refractivity contribution is 7.90. The fourth-order valence-electron chi connectivity index (χ4n) is 3.84. The van der Waals surface area contributed by atoms with Crippen LogP contribution < -0.4 is 14.2 Å². The van der Waals surface area contributed by atoms with E-state index < -0.39 is 21.7 Å². The van der Waals surface area contributed by atoms with Crippen LogP contribution in [0.4, 0.5) is 4.39 Å². The molecule has 1 saturated heterocycles. The highest BCUT2D eigenvalue weighted by Crippen LogP contribution is 2.33. The number of carbonyl (C=O) groups excluding carboxylic acids is 1. The number of aryl methyl sites for hydroxylation is 1. The number of nitrogens with zero attached hydrogens (tertiary/aromatic N) is 2. The van der Waals surface area contributed by atoms with Gasteiger partial charge in [-0.15, -0.1) is 0 Å². The number of pyridine rings is 2. The van der Waals surface area contributed by atoms with Gasteiger partial charge in [0.05, 0.1) is 37.5 Å². The molecule has 0 radical (unpaired) electrons. The molecule has 1 amide bonds. The number of nitrogens with one attached hydrogen (secondary N) is 1. The monoisotopic (exact) mass is 557 g/mol. The zero-order chi connectivity index (χ0) is 28.2. The average molecular weight is 558 g/mol. The van der Waals surface area contributed by atoms with E-state index in [1.807, 2.05) is 25.5 Å². The van der Waals surface area contributed by atoms with Crippen molar-refractivity contribution in [3.63, 3.8) is 0 Å². The van der Waals surface area contributed by atoms with Gasteiger partial charge in [-0.2, -0.15) is 8.42 Å². The lowest BCUT2D eigenvalue weighted by Crippen LogP contribution is -2.46. The predicted molar refractivity (Wildman–Crippen MR) is 143 cm³/mol. The summed E-state index contributed by atoms with van der Waals surface area (Å²) in [5.41, 5.74) is 0.905. The van der Waals surface area contributed by atoms with Crippen molar-refractivity contribution < 1.29 is 31.8 Å². The minimum Gasteiger partial charge on any atom is -0.493 e. The third-order valence-corrected chi connectivity index (χ3v) is 7.53. The summed E-state index contributed by atoms with van der Waals surface area (Å²) in [4.78, 5) is 21.7. The molecule has 4 rings (SSSR count). The van der Waals surface area contributed by atoms with Crippen LogP contribution in [-0.2, 0) is 14.8 Å². The van der Waals surface area contributed by atoms with E-state index in [0.717, 1.165) is 6.42 Å². The number of benzene rings is 1. The van der Waals surface area contributed by atoms with E-state index in [-0.39, 0.29) is 34.4 Å². The molecule has 9 nitrogen and oxygen atoms in total. The van der Waals surface area contributed by atoms with Crippen LogP contribution in [0.25, 0.3) is 11.3 Å². The van der Waals surface area contributed by atoms with Crippen molar-refractivity contribution >= 4 is 15.9 Å². The zero-order valence-electron chi connectivity index (χ0n) is 22.4. The van der Waals surface area contributed by atoms with Crippen LogP contribution in [0, 0.1) is 24.1 Å². The molecule has 2 aromatic heterocycles. The predicted octanol–water partition coefficient (Wildman–Crippen LogP) is 4.55. The van der Waals surface area contributed by atoms with Gasteiger partial charge in [0.1, 0.15) is 17.1 Å². The Morgan fingerprint density at radius 1 is 1.13 bits per heavy atom. The zero-order valence-corrected chi connectivity index (χ0v) is 23.2. The smallest absolute Gasteiger partial charge is 0.281 e. The lowest BCUT2D eigenvalue weighted by molar-refractivity contribution is -0.134. The molecule has 11 heteroatoms. The van der Waals surface area contributed by atoms with E-state index >= 15 is 0 Å². The minimum absolute atomic E-state index is 0.0777. The summed E-state index contributed by atoms with van der Waals surface area (Å²) < 4.78 is 59.2. The van der Waals surface area contributed by atoms with Crippen molar-refractivity contribution in [3.8, 4) is 22.9 Å². The van der Waals surface area contributed by atoms with E-state index in [4.69, 9.17) is 14.2 Å². The Morgan fingerprint density at radius 3 is 2.54 bits per heavy atom. The number of rotatable bonds is 11. The summed E-state index contributed by atoms with van der Waals surface area (Å²) in [7, 11) is -4.26. The first-order valence-electron chi connectivity index (χ1n) is 12.7. The Labute approximate surface area is 227 Å². The van der Waals surface area contributed by atoms with Crippen LogP contribution >= 0.6 is 0 Å². The second-order valence-electron chi connectivity index (χ2n) is 10.1. The summed E-state index contributed by atoms with van der Waals surface area (Å²) in [6.07, 6.45) is 0.780. The van der Waals surface area contributed by atoms with Gasteiger partial charge in [-0.3, -0.25) is 4.79 Å². The molecule has 0 aliphatic carbocycles. The van der Waals surface area contributed by atoms with E-state index in [0.29, 0.717) is 42.5 Å². The largest absolute Gasteiger partial charge is 0.493 e. The lowest BCUT2D eigenvalue weighted by atomic mass is 9.84. The number of amides is 1. The van der Waals surface area contributed by atoms with Crippen LogP contribution in [0.5, 0.6) is 11.6 Å². The molecule has 3 heterocycles. The second-order valence-corrected chi connectivity index (χ2v) is 11.7. The highest BCUT2D eigenvalue weighted by Gasteiger charge is 2.38. The van der Waals surface area contributed by atoms with Gasteiger partial charge in [-0.05, 0) is 55.7 Å². The fraction of sp³-hybridized carbons (Fsp3) is 0.393. The van der Waals surface area contributed by atoms with Crippen molar-refractivity contribution in [2.45, 2.75) is 39.1 Å². The number of hydrogen-bond donors (Lipinski definition) is 1. The van der Waals surface area contributed by atoms with Gasteiger partial charge in [-0.25, -0.2) is 19.1 Å². The molecular formula is C28H32FN3O6S. The van der Waals surface area contributed by atoms with Crippen molar-refractivity contribution in [1.29, 1.82) is 0 Å². The maximum absolute atomic E-state index is 14.4. The molecule has 0 bridgehead atoms. The van der Waals surface area contributed by atoms with E-state index in [2.05, 4.69) is 9.97 Å². The molecule has 1 aliphatic rings. The quantitative estimate of drug-likeness (QED) is 0.365. The Kier molecular flexibility index (Phi) is 8.51. The van der Waals surface area contributed by atoms with Crippen LogP contribution in [-0.4, -0.2) is 50.7 Å². The molecule has 1 aromatic carbocycles. The number of carbonyl (C=O) groups is 1. The minimum atomic E-state index is -4.26. The molecule has 1 fully saturated rings. The maximum atomic E-state index is 14.4. The van der Waals surface area contributed by atoms with Gasteiger partial charge in [0.15, 0.2) is 5.03 Å². The number of aromatic nitrogens is 2. The average Bonchev–Trinajstić information content (AvgIpc) is 2.86. The summed E-state index contributed by atoms with van der Waals surface area (Å²) in [5, 5.41) is -0.284. The first-order chi connectivity index (χ1) is 18.5. The van der Waals surface area contributed by atoms with Gasteiger partial charge in [0, 0.05) is 17.3 Å². The number of halogens is 1. The van der Waals surface area contributed by atoms with Crippen LogP contribution in [0.2, 0.25) is 0 Å². The summed E-state index contributed by atoms with van der Waals surface area (Å²) in [5.74, 6) is -0.918. The Hall–Kier alpha value is -3.57. The fourth-order valence-corrected chi connectivity index (χ4v) is 4.82. The van der Waals surface area contributed by atoms with Crippen molar-refractivity contribution in [3.05, 3.63) is 65.6 Å². The second kappa shape index (κ2) is 11.7. The highest BCUT2D eigenvalue weighted by atomic mass is 32.2. The summed E-state index contributed by atoms with van der Waals surface area (Å²) in [6, 6.07) is 11.6. The topological polar surface area (TPSA) is 117 Å². The molecule has 39 heavy (non-hydrogen) atoms. The van der Waals surface area contributed by atoms with Crippen LogP contribution in [0.15, 0.2) is 53.6 Å².